The van der Waals surface area contributed by atoms with Crippen LogP contribution in [0.3, 0.4) is 0 Å². The van der Waals surface area contributed by atoms with Crippen molar-refractivity contribution >= 4 is 17.3 Å². The largest absolute Gasteiger partial charge is 0.507 e. The maximum atomic E-state index is 13.3. The highest BCUT2D eigenvalue weighted by molar-refractivity contribution is 6.30. The quantitative estimate of drug-likeness (QED) is 0.332. The monoisotopic (exact) mass is 483 g/mol. The van der Waals surface area contributed by atoms with E-state index in [-0.39, 0.29) is 59.3 Å². The molecule has 1 saturated heterocycles. The third kappa shape index (κ3) is 3.57. The summed E-state index contributed by atoms with van der Waals surface area (Å²) in [6.07, 6.45) is -4.74. The summed E-state index contributed by atoms with van der Waals surface area (Å²) in [5, 5.41) is 42.3. The number of ether oxygens (including phenoxy) is 2. The van der Waals surface area contributed by atoms with Gasteiger partial charge in [-0.3, -0.25) is 14.4 Å². The van der Waals surface area contributed by atoms with Crippen molar-refractivity contribution < 1.29 is 44.3 Å². The number of fused-ring (bicyclic) bond motifs is 3. The number of rotatable bonds is 3. The molecule has 0 saturated carbocycles. The molecule has 184 valence electrons. The molecule has 1 heterocycles. The molecule has 0 amide bonds. The summed E-state index contributed by atoms with van der Waals surface area (Å²) >= 11 is 0. The van der Waals surface area contributed by atoms with Gasteiger partial charge in [-0.25, -0.2) is 0 Å². The highest BCUT2D eigenvalue weighted by atomic mass is 16.7. The molecular formula is C25H25NO9. The summed E-state index contributed by atoms with van der Waals surface area (Å²) in [5.41, 5.74) is 4.47. The Labute approximate surface area is 199 Å². The van der Waals surface area contributed by atoms with Crippen molar-refractivity contribution in [3.8, 4) is 11.5 Å². The molecule has 1 fully saturated rings. The second-order valence-corrected chi connectivity index (χ2v) is 9.39. The standard InChI is InChI=1S/C25H25NO9/c1-10(27)25(26)7-13-18(16(8-25)35-17-6-14(28)15(29)9-34-17)24(33)20-19(23(13)32)21(30)11-4-2-3-5-12(11)22(20)31/h2-5,14-17,28-29,32-33H,6-9,26H2,1H3/t14-,15+,16+,17+,25-/m0/s1. The molecule has 5 atom stereocenters. The van der Waals surface area contributed by atoms with Gasteiger partial charge in [-0.1, -0.05) is 24.3 Å². The Bertz CT molecular complexity index is 1270. The lowest BCUT2D eigenvalue weighted by atomic mass is 9.71. The van der Waals surface area contributed by atoms with Crippen LogP contribution in [0.4, 0.5) is 0 Å². The molecule has 0 radical (unpaired) electrons. The van der Waals surface area contributed by atoms with Crippen LogP contribution in [0.25, 0.3) is 0 Å². The fourth-order valence-corrected chi connectivity index (χ4v) is 5.13. The van der Waals surface area contributed by atoms with Gasteiger partial charge in [-0.15, -0.1) is 0 Å². The van der Waals surface area contributed by atoms with Crippen LogP contribution in [0, 0.1) is 0 Å². The topological polar surface area (TPSA) is 177 Å². The summed E-state index contributed by atoms with van der Waals surface area (Å²) in [4.78, 5) is 39.0. The molecule has 5 rings (SSSR count). The number of Topliss-reactive ketones (excluding diaryl/α,β-unsaturated/α-hetero) is 1. The molecule has 0 bridgehead atoms. The summed E-state index contributed by atoms with van der Waals surface area (Å²) in [5.74, 6) is -2.74. The van der Waals surface area contributed by atoms with E-state index in [4.69, 9.17) is 15.2 Å². The number of aromatic hydroxyl groups is 2. The van der Waals surface area contributed by atoms with Gasteiger partial charge in [0.25, 0.3) is 0 Å². The first-order chi connectivity index (χ1) is 16.5. The molecule has 6 N–H and O–H groups in total. The molecule has 0 aromatic heterocycles. The third-order valence-corrected chi connectivity index (χ3v) is 7.17. The fraction of sp³-hybridized carbons (Fsp3) is 0.400. The van der Waals surface area contributed by atoms with Crippen LogP contribution in [-0.4, -0.2) is 68.4 Å². The molecule has 10 nitrogen and oxygen atoms in total. The van der Waals surface area contributed by atoms with Crippen LogP contribution >= 0.6 is 0 Å². The van der Waals surface area contributed by atoms with E-state index in [0.717, 1.165) is 0 Å². The van der Waals surface area contributed by atoms with E-state index in [1.807, 2.05) is 0 Å². The van der Waals surface area contributed by atoms with Crippen LogP contribution in [0.15, 0.2) is 24.3 Å². The van der Waals surface area contributed by atoms with Crippen LogP contribution < -0.4 is 5.73 Å². The third-order valence-electron chi connectivity index (χ3n) is 7.17. The van der Waals surface area contributed by atoms with Gasteiger partial charge in [-0.05, 0) is 6.92 Å². The lowest BCUT2D eigenvalue weighted by Gasteiger charge is -2.41. The van der Waals surface area contributed by atoms with Crippen molar-refractivity contribution in [1.82, 2.24) is 0 Å². The van der Waals surface area contributed by atoms with Gasteiger partial charge in [-0.2, -0.15) is 0 Å². The maximum Gasteiger partial charge on any atom is 0.198 e. The number of hydrogen-bond donors (Lipinski definition) is 5. The van der Waals surface area contributed by atoms with Crippen LogP contribution in [0.2, 0.25) is 0 Å². The zero-order valence-corrected chi connectivity index (χ0v) is 18.9. The molecule has 0 spiro atoms. The second kappa shape index (κ2) is 8.21. The van der Waals surface area contributed by atoms with E-state index >= 15 is 0 Å². The summed E-state index contributed by atoms with van der Waals surface area (Å²) < 4.78 is 11.4. The molecular weight excluding hydrogens is 458 g/mol. The number of aliphatic hydroxyl groups is 2. The Morgan fingerprint density at radius 3 is 2.23 bits per heavy atom. The van der Waals surface area contributed by atoms with Crippen molar-refractivity contribution in [1.29, 1.82) is 0 Å². The second-order valence-electron chi connectivity index (χ2n) is 9.39. The van der Waals surface area contributed by atoms with Gasteiger partial charge in [0.05, 0.1) is 35.5 Å². The maximum absolute atomic E-state index is 13.3. The highest BCUT2D eigenvalue weighted by Gasteiger charge is 2.48. The Morgan fingerprint density at radius 1 is 1.06 bits per heavy atom. The average molecular weight is 483 g/mol. The molecule has 0 unspecified atom stereocenters. The minimum atomic E-state index is -1.50. The van der Waals surface area contributed by atoms with Gasteiger partial charge < -0.3 is 35.6 Å². The number of ketones is 3. The zero-order chi connectivity index (χ0) is 25.2. The van der Waals surface area contributed by atoms with E-state index < -0.39 is 59.0 Å². The minimum Gasteiger partial charge on any atom is -0.507 e. The number of aliphatic hydroxyl groups excluding tert-OH is 2. The van der Waals surface area contributed by atoms with Gasteiger partial charge >= 0.3 is 0 Å². The van der Waals surface area contributed by atoms with E-state index in [9.17, 15) is 34.8 Å². The van der Waals surface area contributed by atoms with E-state index in [0.29, 0.717) is 0 Å². The van der Waals surface area contributed by atoms with Crippen LogP contribution in [0.5, 0.6) is 11.5 Å². The normalized spacial score (nSPS) is 29.8. The lowest BCUT2D eigenvalue weighted by Crippen LogP contribution is -2.53. The highest BCUT2D eigenvalue weighted by Crippen LogP contribution is 2.51. The van der Waals surface area contributed by atoms with E-state index in [2.05, 4.69) is 0 Å². The molecule has 3 aliphatic rings. The Morgan fingerprint density at radius 2 is 1.66 bits per heavy atom. The number of nitrogens with two attached hydrogens (primary N) is 1. The van der Waals surface area contributed by atoms with Crippen molar-refractivity contribution in [3.63, 3.8) is 0 Å². The van der Waals surface area contributed by atoms with Crippen molar-refractivity contribution in [2.45, 2.75) is 56.3 Å². The van der Waals surface area contributed by atoms with Crippen molar-refractivity contribution in [2.24, 2.45) is 5.73 Å². The first-order valence-electron chi connectivity index (χ1n) is 11.3. The Balaban J connectivity index is 1.67. The summed E-state index contributed by atoms with van der Waals surface area (Å²) in [6.45, 7) is 1.09. The number of hydrogen-bond acceptors (Lipinski definition) is 10. The smallest absolute Gasteiger partial charge is 0.198 e. The first-order valence-corrected chi connectivity index (χ1v) is 11.3. The molecule has 2 aromatic carbocycles. The number of phenolic OH excluding ortho intramolecular Hbond substituents is 2. The Kier molecular flexibility index (Phi) is 5.53. The van der Waals surface area contributed by atoms with E-state index in [1.165, 1.54) is 19.1 Å². The molecule has 1 aliphatic heterocycles. The SMILES string of the molecule is CC(=O)[C@]1(N)Cc2c(O)c3c(c(O)c2[C@H](O[C@@H]2C[C@H](O)[C@H](O)CO2)C1)C(=O)c1ccccc1C3=O. The predicted molar refractivity (Wildman–Crippen MR) is 119 cm³/mol. The molecule has 2 aliphatic carbocycles. The van der Waals surface area contributed by atoms with E-state index in [1.54, 1.807) is 12.1 Å². The summed E-state index contributed by atoms with van der Waals surface area (Å²) in [6, 6.07) is 6.10. The Hall–Kier alpha value is -3.15. The average Bonchev–Trinajstić information content (AvgIpc) is 2.82. The minimum absolute atomic E-state index is 0.0344. The summed E-state index contributed by atoms with van der Waals surface area (Å²) in [7, 11) is 0. The van der Waals surface area contributed by atoms with Crippen LogP contribution in [-0.2, 0) is 20.7 Å². The first kappa shape index (κ1) is 23.6. The van der Waals surface area contributed by atoms with Gasteiger partial charge in [0.2, 0.25) is 0 Å². The number of phenols is 2. The fourth-order valence-electron chi connectivity index (χ4n) is 5.13. The molecule has 2 aromatic rings. The van der Waals surface area contributed by atoms with Gasteiger partial charge in [0, 0.05) is 41.5 Å². The van der Waals surface area contributed by atoms with Crippen molar-refractivity contribution in [2.75, 3.05) is 6.61 Å². The number of benzene rings is 2. The van der Waals surface area contributed by atoms with Crippen molar-refractivity contribution in [3.05, 3.63) is 57.6 Å². The number of carbonyl (C=O) groups excluding carboxylic acids is 3. The van der Waals surface area contributed by atoms with Crippen LogP contribution in [0.1, 0.15) is 68.8 Å². The molecule has 10 heteroatoms. The number of carbonyl (C=O) groups is 3. The lowest BCUT2D eigenvalue weighted by molar-refractivity contribution is -0.238. The van der Waals surface area contributed by atoms with Gasteiger partial charge in [0.1, 0.15) is 23.4 Å². The molecule has 35 heavy (non-hydrogen) atoms. The predicted octanol–water partition coefficient (Wildman–Crippen LogP) is 0.632. The zero-order valence-electron chi connectivity index (χ0n) is 18.9. The van der Waals surface area contributed by atoms with Gasteiger partial charge in [0.15, 0.2) is 17.9 Å².